The highest BCUT2D eigenvalue weighted by molar-refractivity contribution is 5.95. The van der Waals surface area contributed by atoms with Crippen molar-refractivity contribution in [1.82, 2.24) is 0 Å². The topological polar surface area (TPSA) is 64.3 Å². The maximum absolute atomic E-state index is 11.8. The fourth-order valence-electron chi connectivity index (χ4n) is 1.28. The number of alkyl halides is 2. The number of para-hydroxylation sites is 1. The van der Waals surface area contributed by atoms with Crippen LogP contribution in [0.2, 0.25) is 0 Å². The van der Waals surface area contributed by atoms with Crippen molar-refractivity contribution >= 4 is 17.3 Å². The number of nitrogens with one attached hydrogen (secondary N) is 1. The summed E-state index contributed by atoms with van der Waals surface area (Å²) >= 11 is 0. The average Bonchev–Trinajstić information content (AvgIpc) is 2.23. The van der Waals surface area contributed by atoms with E-state index in [2.05, 4.69) is 10.1 Å². The van der Waals surface area contributed by atoms with Crippen LogP contribution >= 0.6 is 0 Å². The quantitative estimate of drug-likeness (QED) is 0.776. The molecule has 0 spiro atoms. The Morgan fingerprint density at radius 3 is 2.82 bits per heavy atom. The average molecular weight is 244 g/mol. The zero-order chi connectivity index (χ0) is 12.8. The van der Waals surface area contributed by atoms with E-state index in [1.54, 1.807) is 25.1 Å². The third kappa shape index (κ3) is 4.36. The molecule has 4 nitrogen and oxygen atoms in total. The van der Waals surface area contributed by atoms with Crippen LogP contribution in [-0.2, 0) is 9.53 Å². The minimum absolute atomic E-state index is 0.419. The van der Waals surface area contributed by atoms with E-state index in [1.807, 2.05) is 0 Å². The van der Waals surface area contributed by atoms with Gasteiger partial charge < -0.3 is 15.8 Å². The Balaban J connectivity index is 2.51. The lowest BCUT2D eigenvalue weighted by Crippen LogP contribution is -2.21. The summed E-state index contributed by atoms with van der Waals surface area (Å²) < 4.78 is 28.0. The predicted molar refractivity (Wildman–Crippen MR) is 61.0 cm³/mol. The van der Waals surface area contributed by atoms with Gasteiger partial charge in [0, 0.05) is 0 Å². The molecule has 0 fully saturated rings. The number of hydrogen-bond acceptors (Lipinski definition) is 3. The van der Waals surface area contributed by atoms with E-state index < -0.39 is 25.5 Å². The van der Waals surface area contributed by atoms with Gasteiger partial charge in [-0.05, 0) is 18.6 Å². The first kappa shape index (κ1) is 13.4. The van der Waals surface area contributed by atoms with Gasteiger partial charge in [0.1, 0.15) is 13.2 Å². The Hall–Kier alpha value is -1.69. The van der Waals surface area contributed by atoms with Gasteiger partial charge in [-0.1, -0.05) is 12.1 Å². The molecule has 1 aromatic carbocycles. The molecule has 1 rings (SSSR count). The van der Waals surface area contributed by atoms with Crippen molar-refractivity contribution in [2.45, 2.75) is 13.3 Å². The molecular formula is C11H14F2N2O2. The van der Waals surface area contributed by atoms with Gasteiger partial charge in [-0.2, -0.15) is 0 Å². The van der Waals surface area contributed by atoms with E-state index in [9.17, 15) is 13.6 Å². The molecule has 94 valence electrons. The van der Waals surface area contributed by atoms with Gasteiger partial charge in [0.25, 0.3) is 6.43 Å². The number of ether oxygens (including phenoxy) is 1. The fraction of sp³-hybridized carbons (Fsp3) is 0.364. The first-order valence-corrected chi connectivity index (χ1v) is 5.01. The van der Waals surface area contributed by atoms with E-state index in [0.717, 1.165) is 5.56 Å². The number of aryl methyl sites for hydroxylation is 1. The third-order valence-corrected chi connectivity index (χ3v) is 2.05. The van der Waals surface area contributed by atoms with Crippen LogP contribution in [0.25, 0.3) is 0 Å². The molecule has 0 atom stereocenters. The van der Waals surface area contributed by atoms with Crippen LogP contribution in [0.15, 0.2) is 18.2 Å². The largest absolute Gasteiger partial charge is 0.397 e. The molecule has 17 heavy (non-hydrogen) atoms. The van der Waals surface area contributed by atoms with Crippen molar-refractivity contribution in [3.63, 3.8) is 0 Å². The molecule has 1 aromatic rings. The number of nitrogens with two attached hydrogens (primary N) is 1. The van der Waals surface area contributed by atoms with E-state index in [-0.39, 0.29) is 0 Å². The van der Waals surface area contributed by atoms with E-state index in [1.165, 1.54) is 0 Å². The van der Waals surface area contributed by atoms with Gasteiger partial charge in [0.05, 0.1) is 11.4 Å². The van der Waals surface area contributed by atoms with Crippen LogP contribution < -0.4 is 11.1 Å². The number of amides is 1. The van der Waals surface area contributed by atoms with Crippen LogP contribution in [0, 0.1) is 6.92 Å². The molecule has 6 heteroatoms. The SMILES string of the molecule is Cc1cccc(N)c1NC(=O)COCC(F)F. The Bertz CT molecular complexity index is 377. The first-order chi connectivity index (χ1) is 8.00. The molecule has 3 N–H and O–H groups in total. The number of hydrogen-bond donors (Lipinski definition) is 2. The van der Waals surface area contributed by atoms with Crippen LogP contribution in [0.3, 0.4) is 0 Å². The van der Waals surface area contributed by atoms with Gasteiger partial charge in [-0.25, -0.2) is 8.78 Å². The summed E-state index contributed by atoms with van der Waals surface area (Å²) in [7, 11) is 0. The van der Waals surface area contributed by atoms with Gasteiger partial charge in [0.15, 0.2) is 0 Å². The minimum atomic E-state index is -2.58. The number of nitrogen functional groups attached to an aromatic ring is 1. The number of benzene rings is 1. The molecule has 0 heterocycles. The summed E-state index contributed by atoms with van der Waals surface area (Å²) in [6.45, 7) is 0.612. The molecule has 1 amide bonds. The van der Waals surface area contributed by atoms with Crippen molar-refractivity contribution < 1.29 is 18.3 Å². The Morgan fingerprint density at radius 2 is 2.24 bits per heavy atom. The summed E-state index contributed by atoms with van der Waals surface area (Å²) in [4.78, 5) is 11.4. The van der Waals surface area contributed by atoms with E-state index >= 15 is 0 Å². The van der Waals surface area contributed by atoms with Crippen LogP contribution in [0.4, 0.5) is 20.2 Å². The molecule has 0 radical (unpaired) electrons. The molecular weight excluding hydrogens is 230 g/mol. The monoisotopic (exact) mass is 244 g/mol. The number of halogens is 2. The van der Waals surface area contributed by atoms with E-state index in [4.69, 9.17) is 5.73 Å². The standard InChI is InChI=1S/C11H14F2N2O2/c1-7-3-2-4-8(14)11(7)15-10(16)6-17-5-9(12)13/h2-4,9H,5-6,14H2,1H3,(H,15,16). The van der Waals surface area contributed by atoms with Crippen LogP contribution in [-0.4, -0.2) is 25.5 Å². The molecule has 0 bridgehead atoms. The van der Waals surface area contributed by atoms with Gasteiger partial charge in [0.2, 0.25) is 5.91 Å². The number of rotatable bonds is 5. The zero-order valence-corrected chi connectivity index (χ0v) is 9.37. The predicted octanol–water partition coefficient (Wildman–Crippen LogP) is 1.80. The highest BCUT2D eigenvalue weighted by Crippen LogP contribution is 2.22. The van der Waals surface area contributed by atoms with Crippen molar-refractivity contribution in [3.05, 3.63) is 23.8 Å². The molecule has 0 aliphatic carbocycles. The summed E-state index contributed by atoms with van der Waals surface area (Å²) in [6.07, 6.45) is -2.58. The fourth-order valence-corrected chi connectivity index (χ4v) is 1.28. The van der Waals surface area contributed by atoms with Gasteiger partial charge in [-0.3, -0.25) is 4.79 Å². The molecule has 0 aliphatic heterocycles. The summed E-state index contributed by atoms with van der Waals surface area (Å²) in [5, 5.41) is 2.52. The number of carbonyl (C=O) groups excluding carboxylic acids is 1. The highest BCUT2D eigenvalue weighted by Gasteiger charge is 2.09. The van der Waals surface area contributed by atoms with E-state index in [0.29, 0.717) is 11.4 Å². The number of anilines is 2. The van der Waals surface area contributed by atoms with Crippen molar-refractivity contribution in [3.8, 4) is 0 Å². The second kappa shape index (κ2) is 6.15. The Labute approximate surface area is 97.8 Å². The zero-order valence-electron chi connectivity index (χ0n) is 9.37. The second-order valence-corrected chi connectivity index (χ2v) is 3.49. The molecule has 0 unspecified atom stereocenters. The smallest absolute Gasteiger partial charge is 0.261 e. The lowest BCUT2D eigenvalue weighted by molar-refractivity contribution is -0.121. The molecule has 0 saturated heterocycles. The lowest BCUT2D eigenvalue weighted by atomic mass is 10.1. The second-order valence-electron chi connectivity index (χ2n) is 3.49. The van der Waals surface area contributed by atoms with Crippen molar-refractivity contribution in [1.29, 1.82) is 0 Å². The highest BCUT2D eigenvalue weighted by atomic mass is 19.3. The summed E-state index contributed by atoms with van der Waals surface area (Å²) in [5.41, 5.74) is 7.38. The maximum Gasteiger partial charge on any atom is 0.261 e. The van der Waals surface area contributed by atoms with Crippen LogP contribution in [0.5, 0.6) is 0 Å². The molecule has 0 aliphatic rings. The minimum Gasteiger partial charge on any atom is -0.397 e. The summed E-state index contributed by atoms with van der Waals surface area (Å²) in [6, 6.07) is 5.18. The van der Waals surface area contributed by atoms with Crippen molar-refractivity contribution in [2.24, 2.45) is 0 Å². The molecule has 0 saturated carbocycles. The third-order valence-electron chi connectivity index (χ3n) is 2.05. The van der Waals surface area contributed by atoms with Crippen molar-refractivity contribution in [2.75, 3.05) is 24.3 Å². The molecule has 0 aromatic heterocycles. The Morgan fingerprint density at radius 1 is 1.53 bits per heavy atom. The number of carbonyl (C=O) groups is 1. The van der Waals surface area contributed by atoms with Crippen LogP contribution in [0.1, 0.15) is 5.56 Å². The first-order valence-electron chi connectivity index (χ1n) is 5.01. The Kier molecular flexibility index (Phi) is 4.84. The van der Waals surface area contributed by atoms with Gasteiger partial charge >= 0.3 is 0 Å². The summed E-state index contributed by atoms with van der Waals surface area (Å²) in [5.74, 6) is -0.508. The lowest BCUT2D eigenvalue weighted by Gasteiger charge is -2.11. The van der Waals surface area contributed by atoms with Gasteiger partial charge in [-0.15, -0.1) is 0 Å². The maximum atomic E-state index is 11.8. The normalized spacial score (nSPS) is 10.6.